The first-order valence-electron chi connectivity index (χ1n) is 9.98. The Labute approximate surface area is 152 Å². The minimum Gasteiger partial charge on any atom is -0.356 e. The zero-order valence-corrected chi connectivity index (χ0v) is 15.3. The number of amides is 1. The SMILES string of the molecule is NCC1CCC(C(=O)NC[C@H]2CCCN(Cc3ccccc3)C2)CC1. The number of nitrogens with one attached hydrogen (secondary N) is 1. The molecule has 1 amide bonds. The molecule has 1 saturated carbocycles. The minimum absolute atomic E-state index is 0.215. The lowest BCUT2D eigenvalue weighted by Crippen LogP contribution is -2.42. The standard InChI is InChI=1S/C21H33N3O/c22-13-17-8-10-20(11-9-17)21(25)23-14-19-7-4-12-24(16-19)15-18-5-2-1-3-6-18/h1-3,5-6,17,19-20H,4,7-16,22H2,(H,23,25)/t17?,19-,20?/m1/s1. The number of hydrogen-bond donors (Lipinski definition) is 2. The van der Waals surface area contributed by atoms with Crippen LogP contribution in [0, 0.1) is 17.8 Å². The number of piperidine rings is 1. The van der Waals surface area contributed by atoms with Crippen molar-refractivity contribution in [1.29, 1.82) is 0 Å². The van der Waals surface area contributed by atoms with E-state index < -0.39 is 0 Å². The van der Waals surface area contributed by atoms with E-state index in [1.807, 2.05) is 0 Å². The molecule has 2 aliphatic rings. The predicted molar refractivity (Wildman–Crippen MR) is 102 cm³/mol. The van der Waals surface area contributed by atoms with Crippen LogP contribution in [0.1, 0.15) is 44.1 Å². The topological polar surface area (TPSA) is 58.4 Å². The van der Waals surface area contributed by atoms with Crippen molar-refractivity contribution < 1.29 is 4.79 Å². The lowest BCUT2D eigenvalue weighted by atomic mass is 9.81. The summed E-state index contributed by atoms with van der Waals surface area (Å²) in [5.41, 5.74) is 7.12. The van der Waals surface area contributed by atoms with E-state index in [1.54, 1.807) is 0 Å². The first-order valence-corrected chi connectivity index (χ1v) is 9.98. The zero-order chi connectivity index (χ0) is 17.5. The quantitative estimate of drug-likeness (QED) is 0.835. The molecule has 0 aromatic heterocycles. The average molecular weight is 344 g/mol. The van der Waals surface area contributed by atoms with Gasteiger partial charge in [-0.15, -0.1) is 0 Å². The van der Waals surface area contributed by atoms with E-state index in [2.05, 4.69) is 40.5 Å². The molecule has 1 aromatic rings. The van der Waals surface area contributed by atoms with Gasteiger partial charge in [-0.25, -0.2) is 0 Å². The van der Waals surface area contributed by atoms with Gasteiger partial charge in [0.2, 0.25) is 5.91 Å². The van der Waals surface area contributed by atoms with Crippen LogP contribution in [-0.2, 0) is 11.3 Å². The second kappa shape index (κ2) is 9.35. The van der Waals surface area contributed by atoms with Gasteiger partial charge in [-0.3, -0.25) is 9.69 Å². The molecule has 0 spiro atoms. The second-order valence-electron chi connectivity index (χ2n) is 7.93. The molecule has 0 bridgehead atoms. The van der Waals surface area contributed by atoms with Gasteiger partial charge in [-0.1, -0.05) is 30.3 Å². The third kappa shape index (κ3) is 5.55. The van der Waals surface area contributed by atoms with Crippen LogP contribution in [0.2, 0.25) is 0 Å². The molecule has 2 fully saturated rings. The van der Waals surface area contributed by atoms with Crippen LogP contribution in [0.5, 0.6) is 0 Å². The monoisotopic (exact) mass is 343 g/mol. The van der Waals surface area contributed by atoms with E-state index in [-0.39, 0.29) is 11.8 Å². The van der Waals surface area contributed by atoms with Crippen LogP contribution in [0.25, 0.3) is 0 Å². The molecule has 3 N–H and O–H groups in total. The van der Waals surface area contributed by atoms with Crippen LogP contribution in [0.15, 0.2) is 30.3 Å². The molecule has 3 rings (SSSR count). The lowest BCUT2D eigenvalue weighted by Gasteiger charge is -2.33. The third-order valence-electron chi connectivity index (χ3n) is 5.97. The van der Waals surface area contributed by atoms with Gasteiger partial charge in [-0.05, 0) is 69.0 Å². The predicted octanol–water partition coefficient (Wildman–Crippen LogP) is 2.78. The average Bonchev–Trinajstić information content (AvgIpc) is 2.67. The highest BCUT2D eigenvalue weighted by Gasteiger charge is 2.26. The molecule has 1 saturated heterocycles. The summed E-state index contributed by atoms with van der Waals surface area (Å²) in [7, 11) is 0. The van der Waals surface area contributed by atoms with Crippen molar-refractivity contribution in [2.24, 2.45) is 23.5 Å². The first-order chi connectivity index (χ1) is 12.2. The second-order valence-corrected chi connectivity index (χ2v) is 7.93. The van der Waals surface area contributed by atoms with Gasteiger partial charge < -0.3 is 11.1 Å². The summed E-state index contributed by atoms with van der Waals surface area (Å²) in [6, 6.07) is 10.7. The number of benzene rings is 1. The number of hydrogen-bond acceptors (Lipinski definition) is 3. The van der Waals surface area contributed by atoms with Gasteiger partial charge in [0, 0.05) is 25.6 Å². The van der Waals surface area contributed by atoms with Crippen LogP contribution in [-0.4, -0.2) is 37.0 Å². The Balaban J connectivity index is 1.40. The van der Waals surface area contributed by atoms with Crippen LogP contribution < -0.4 is 11.1 Å². The molecule has 1 atom stereocenters. The highest BCUT2D eigenvalue weighted by molar-refractivity contribution is 5.78. The van der Waals surface area contributed by atoms with Crippen molar-refractivity contribution >= 4 is 5.91 Å². The summed E-state index contributed by atoms with van der Waals surface area (Å²) in [4.78, 5) is 15.0. The normalized spacial score (nSPS) is 27.8. The Morgan fingerprint density at radius 1 is 1.08 bits per heavy atom. The number of rotatable bonds is 6. The summed E-state index contributed by atoms with van der Waals surface area (Å²) < 4.78 is 0. The molecule has 4 heteroatoms. The molecule has 1 aliphatic carbocycles. The fourth-order valence-corrected chi connectivity index (χ4v) is 4.35. The maximum Gasteiger partial charge on any atom is 0.223 e. The molecule has 4 nitrogen and oxygen atoms in total. The molecule has 1 heterocycles. The summed E-state index contributed by atoms with van der Waals surface area (Å²) in [5.74, 6) is 1.71. The van der Waals surface area contributed by atoms with E-state index in [9.17, 15) is 4.79 Å². The van der Waals surface area contributed by atoms with Crippen molar-refractivity contribution in [3.05, 3.63) is 35.9 Å². The maximum atomic E-state index is 12.5. The third-order valence-corrected chi connectivity index (χ3v) is 5.97. The van der Waals surface area contributed by atoms with Gasteiger partial charge >= 0.3 is 0 Å². The lowest BCUT2D eigenvalue weighted by molar-refractivity contribution is -0.126. The largest absolute Gasteiger partial charge is 0.356 e. The van der Waals surface area contributed by atoms with E-state index in [0.29, 0.717) is 11.8 Å². The maximum absolute atomic E-state index is 12.5. The van der Waals surface area contributed by atoms with Crippen LogP contribution in [0.4, 0.5) is 0 Å². The Kier molecular flexibility index (Phi) is 6.88. The number of carbonyl (C=O) groups is 1. The number of nitrogens with two attached hydrogens (primary N) is 1. The Bertz CT molecular complexity index is 525. The fraction of sp³-hybridized carbons (Fsp3) is 0.667. The van der Waals surface area contributed by atoms with E-state index in [1.165, 1.54) is 24.9 Å². The van der Waals surface area contributed by atoms with Gasteiger partial charge in [0.25, 0.3) is 0 Å². The summed E-state index contributed by atoms with van der Waals surface area (Å²) in [6.07, 6.45) is 6.71. The number of carbonyl (C=O) groups excluding carboxylic acids is 1. The Morgan fingerprint density at radius 3 is 2.56 bits per heavy atom. The summed E-state index contributed by atoms with van der Waals surface area (Å²) >= 11 is 0. The zero-order valence-electron chi connectivity index (χ0n) is 15.3. The molecular formula is C21H33N3O. The molecule has 0 unspecified atom stereocenters. The van der Waals surface area contributed by atoms with Crippen molar-refractivity contribution in [1.82, 2.24) is 10.2 Å². The Hall–Kier alpha value is -1.39. The van der Waals surface area contributed by atoms with Crippen molar-refractivity contribution in [2.45, 2.75) is 45.1 Å². The first kappa shape index (κ1) is 18.4. The molecule has 1 aliphatic heterocycles. The van der Waals surface area contributed by atoms with E-state index in [4.69, 9.17) is 5.73 Å². The van der Waals surface area contributed by atoms with Crippen molar-refractivity contribution in [3.8, 4) is 0 Å². The molecule has 25 heavy (non-hydrogen) atoms. The number of likely N-dealkylation sites (tertiary alicyclic amines) is 1. The molecule has 1 aromatic carbocycles. The van der Waals surface area contributed by atoms with Gasteiger partial charge in [0.05, 0.1) is 0 Å². The van der Waals surface area contributed by atoms with E-state index in [0.717, 1.165) is 51.9 Å². The molecular weight excluding hydrogens is 310 g/mol. The summed E-state index contributed by atoms with van der Waals surface area (Å²) in [6.45, 7) is 4.89. The van der Waals surface area contributed by atoms with Crippen LogP contribution >= 0.6 is 0 Å². The van der Waals surface area contributed by atoms with Crippen LogP contribution in [0.3, 0.4) is 0 Å². The van der Waals surface area contributed by atoms with Gasteiger partial charge in [-0.2, -0.15) is 0 Å². The van der Waals surface area contributed by atoms with E-state index >= 15 is 0 Å². The highest BCUT2D eigenvalue weighted by atomic mass is 16.1. The smallest absolute Gasteiger partial charge is 0.223 e. The van der Waals surface area contributed by atoms with Crippen molar-refractivity contribution in [3.63, 3.8) is 0 Å². The fourth-order valence-electron chi connectivity index (χ4n) is 4.35. The highest BCUT2D eigenvalue weighted by Crippen LogP contribution is 2.28. The Morgan fingerprint density at radius 2 is 1.84 bits per heavy atom. The summed E-state index contributed by atoms with van der Waals surface area (Å²) in [5, 5.41) is 3.24. The molecule has 0 radical (unpaired) electrons. The number of nitrogens with zero attached hydrogens (tertiary/aromatic N) is 1. The molecule has 138 valence electrons. The van der Waals surface area contributed by atoms with Crippen molar-refractivity contribution in [2.75, 3.05) is 26.2 Å². The van der Waals surface area contributed by atoms with Gasteiger partial charge in [0.15, 0.2) is 0 Å². The minimum atomic E-state index is 0.215. The van der Waals surface area contributed by atoms with Gasteiger partial charge in [0.1, 0.15) is 0 Å².